The van der Waals surface area contributed by atoms with Crippen LogP contribution in [0.3, 0.4) is 0 Å². The molecule has 0 saturated heterocycles. The molecular formula is C25H25Cl2N3O4. The zero-order chi connectivity index (χ0) is 21.8. The van der Waals surface area contributed by atoms with Gasteiger partial charge in [-0.15, -0.1) is 24.8 Å². The molecule has 2 aliphatic heterocycles. The minimum Gasteiger partial charge on any atom is -0.454 e. The molecule has 2 aliphatic rings. The molecule has 0 radical (unpaired) electrons. The number of rotatable bonds is 4. The second-order valence-electron chi connectivity index (χ2n) is 8.45. The van der Waals surface area contributed by atoms with E-state index in [1.807, 2.05) is 38.1 Å². The molecular weight excluding hydrogens is 477 g/mol. The van der Waals surface area contributed by atoms with Crippen LogP contribution in [0.15, 0.2) is 36.4 Å². The second kappa shape index (κ2) is 9.33. The molecule has 6 rings (SSSR count). The van der Waals surface area contributed by atoms with Crippen LogP contribution < -0.4 is 18.9 Å². The first-order chi connectivity index (χ1) is 15.5. The first-order valence-electron chi connectivity index (χ1n) is 10.6. The molecule has 0 spiro atoms. The Labute approximate surface area is 209 Å². The maximum absolute atomic E-state index is 5.59. The smallest absolute Gasteiger partial charge is 0.231 e. The lowest BCUT2D eigenvalue weighted by Gasteiger charge is -2.19. The maximum Gasteiger partial charge on any atom is 0.231 e. The lowest BCUT2D eigenvalue weighted by atomic mass is 10.1. The van der Waals surface area contributed by atoms with Crippen LogP contribution in [0.25, 0.3) is 21.5 Å². The summed E-state index contributed by atoms with van der Waals surface area (Å²) in [6, 6.07) is 12.3. The molecule has 4 heterocycles. The SMILES string of the molecule is Cc1cc2cc3c(cc2c(CN(C)Cc2nc(C)cc4cc5c(cc24)OCO5)n1)OCO3.Cl.Cl. The Kier molecular flexibility index (Phi) is 6.62. The van der Waals surface area contributed by atoms with Gasteiger partial charge in [0.2, 0.25) is 13.6 Å². The number of benzene rings is 2. The lowest BCUT2D eigenvalue weighted by molar-refractivity contribution is 0.173. The number of ether oxygens (including phenoxy) is 4. The molecule has 178 valence electrons. The summed E-state index contributed by atoms with van der Waals surface area (Å²) >= 11 is 0. The van der Waals surface area contributed by atoms with Crippen LogP contribution in [0.1, 0.15) is 22.8 Å². The number of aromatic nitrogens is 2. The molecule has 0 amide bonds. The van der Waals surface area contributed by atoms with Crippen molar-refractivity contribution in [1.29, 1.82) is 0 Å². The Morgan fingerprint density at radius 2 is 1.03 bits per heavy atom. The van der Waals surface area contributed by atoms with Crippen molar-refractivity contribution in [3.05, 3.63) is 59.2 Å². The van der Waals surface area contributed by atoms with Crippen molar-refractivity contribution in [2.24, 2.45) is 0 Å². The minimum atomic E-state index is 0. The Morgan fingerprint density at radius 1 is 0.647 bits per heavy atom. The molecule has 0 saturated carbocycles. The largest absolute Gasteiger partial charge is 0.454 e. The topological polar surface area (TPSA) is 65.9 Å². The van der Waals surface area contributed by atoms with Gasteiger partial charge in [-0.05, 0) is 68.1 Å². The summed E-state index contributed by atoms with van der Waals surface area (Å²) in [7, 11) is 2.09. The number of aryl methyl sites for hydroxylation is 2. The quantitative estimate of drug-likeness (QED) is 0.374. The number of pyridine rings is 2. The molecule has 4 aromatic rings. The van der Waals surface area contributed by atoms with E-state index in [1.165, 1.54) is 0 Å². The number of hydrogen-bond donors (Lipinski definition) is 0. The summed E-state index contributed by atoms with van der Waals surface area (Å²) in [4.78, 5) is 11.9. The number of fused-ring (bicyclic) bond motifs is 4. The molecule has 9 heteroatoms. The van der Waals surface area contributed by atoms with Gasteiger partial charge in [0.25, 0.3) is 0 Å². The molecule has 0 unspecified atom stereocenters. The minimum absolute atomic E-state index is 0. The van der Waals surface area contributed by atoms with E-state index < -0.39 is 0 Å². The molecule has 0 atom stereocenters. The molecule has 2 aromatic heterocycles. The zero-order valence-electron chi connectivity index (χ0n) is 19.1. The standard InChI is InChI=1S/C25H23N3O4.2ClH/c1-14-4-16-6-22-24(31-12-29-22)8-18(16)20(26-14)10-28(3)11-21-19-9-25-23(30-13-32-25)7-17(19)5-15(2)27-21;;/h4-9H,10-13H2,1-3H3;2*1H. The van der Waals surface area contributed by atoms with Crippen molar-refractivity contribution in [1.82, 2.24) is 14.9 Å². The van der Waals surface area contributed by atoms with E-state index in [2.05, 4.69) is 24.1 Å². The molecule has 0 fully saturated rings. The van der Waals surface area contributed by atoms with Crippen molar-refractivity contribution < 1.29 is 18.9 Å². The summed E-state index contributed by atoms with van der Waals surface area (Å²) in [5.74, 6) is 3.12. The average Bonchev–Trinajstić information content (AvgIpc) is 3.39. The van der Waals surface area contributed by atoms with E-state index in [-0.39, 0.29) is 38.4 Å². The van der Waals surface area contributed by atoms with Crippen molar-refractivity contribution in [2.75, 3.05) is 20.6 Å². The third-order valence-electron chi connectivity index (χ3n) is 5.90. The fourth-order valence-corrected chi connectivity index (χ4v) is 4.52. The van der Waals surface area contributed by atoms with Crippen molar-refractivity contribution in [3.8, 4) is 23.0 Å². The molecule has 0 bridgehead atoms. The van der Waals surface area contributed by atoms with Gasteiger partial charge in [-0.25, -0.2) is 0 Å². The zero-order valence-corrected chi connectivity index (χ0v) is 20.7. The van der Waals surface area contributed by atoms with Gasteiger partial charge >= 0.3 is 0 Å². The molecule has 7 nitrogen and oxygen atoms in total. The van der Waals surface area contributed by atoms with Crippen LogP contribution in [-0.2, 0) is 13.1 Å². The fraction of sp³-hybridized carbons (Fsp3) is 0.280. The Hall–Kier alpha value is -3.00. The van der Waals surface area contributed by atoms with Crippen LogP contribution in [-0.4, -0.2) is 35.5 Å². The summed E-state index contributed by atoms with van der Waals surface area (Å²) in [5.41, 5.74) is 3.98. The fourth-order valence-electron chi connectivity index (χ4n) is 4.52. The van der Waals surface area contributed by atoms with Crippen molar-refractivity contribution in [3.63, 3.8) is 0 Å². The van der Waals surface area contributed by atoms with Crippen molar-refractivity contribution >= 4 is 46.4 Å². The highest BCUT2D eigenvalue weighted by Crippen LogP contribution is 2.38. The van der Waals surface area contributed by atoms with Crippen LogP contribution in [0.2, 0.25) is 0 Å². The highest BCUT2D eigenvalue weighted by Gasteiger charge is 2.19. The summed E-state index contributed by atoms with van der Waals surface area (Å²) in [5, 5.41) is 4.38. The Balaban J connectivity index is 0.00000137. The highest BCUT2D eigenvalue weighted by molar-refractivity contribution is 5.89. The lowest BCUT2D eigenvalue weighted by Crippen LogP contribution is -2.19. The number of nitrogens with zero attached hydrogens (tertiary/aromatic N) is 3. The van der Waals surface area contributed by atoms with E-state index >= 15 is 0 Å². The van der Waals surface area contributed by atoms with E-state index in [4.69, 9.17) is 28.9 Å². The molecule has 0 aliphatic carbocycles. The first kappa shape index (κ1) is 24.1. The van der Waals surface area contributed by atoms with Gasteiger partial charge in [0.15, 0.2) is 23.0 Å². The van der Waals surface area contributed by atoms with Crippen molar-refractivity contribution in [2.45, 2.75) is 26.9 Å². The molecule has 34 heavy (non-hydrogen) atoms. The number of halogens is 2. The van der Waals surface area contributed by atoms with E-state index in [0.717, 1.165) is 67.3 Å². The van der Waals surface area contributed by atoms with E-state index in [9.17, 15) is 0 Å². The third-order valence-corrected chi connectivity index (χ3v) is 5.90. The predicted molar refractivity (Wildman–Crippen MR) is 135 cm³/mol. The van der Waals surface area contributed by atoms with Crippen LogP contribution in [0, 0.1) is 13.8 Å². The van der Waals surface area contributed by atoms with Gasteiger partial charge in [0.05, 0.1) is 11.4 Å². The summed E-state index contributed by atoms with van der Waals surface area (Å²) in [6.07, 6.45) is 0. The van der Waals surface area contributed by atoms with Crippen LogP contribution >= 0.6 is 24.8 Å². The van der Waals surface area contributed by atoms with Crippen LogP contribution in [0.4, 0.5) is 0 Å². The first-order valence-corrected chi connectivity index (χ1v) is 10.6. The summed E-state index contributed by atoms with van der Waals surface area (Å²) < 4.78 is 22.3. The van der Waals surface area contributed by atoms with Gasteiger partial charge < -0.3 is 18.9 Å². The molecule has 2 aromatic carbocycles. The summed E-state index contributed by atoms with van der Waals surface area (Å²) in [6.45, 7) is 5.92. The maximum atomic E-state index is 5.59. The normalized spacial score (nSPS) is 13.3. The Morgan fingerprint density at radius 3 is 1.44 bits per heavy atom. The van der Waals surface area contributed by atoms with Gasteiger partial charge in [-0.1, -0.05) is 0 Å². The predicted octanol–water partition coefficient (Wildman–Crippen LogP) is 5.33. The number of hydrogen-bond acceptors (Lipinski definition) is 7. The second-order valence-corrected chi connectivity index (χ2v) is 8.45. The van der Waals surface area contributed by atoms with E-state index in [1.54, 1.807) is 0 Å². The van der Waals surface area contributed by atoms with Crippen LogP contribution in [0.5, 0.6) is 23.0 Å². The van der Waals surface area contributed by atoms with Gasteiger partial charge in [0, 0.05) is 35.2 Å². The average molecular weight is 502 g/mol. The molecule has 0 N–H and O–H groups in total. The Bertz CT molecular complexity index is 1290. The van der Waals surface area contributed by atoms with Gasteiger partial charge in [-0.3, -0.25) is 14.9 Å². The third kappa shape index (κ3) is 4.27. The van der Waals surface area contributed by atoms with Gasteiger partial charge in [0.1, 0.15) is 0 Å². The van der Waals surface area contributed by atoms with E-state index in [0.29, 0.717) is 13.1 Å². The van der Waals surface area contributed by atoms with Gasteiger partial charge in [-0.2, -0.15) is 0 Å². The highest BCUT2D eigenvalue weighted by atomic mass is 35.5. The monoisotopic (exact) mass is 501 g/mol.